The zero-order chi connectivity index (χ0) is 11.6. The first-order valence-corrected chi connectivity index (χ1v) is 5.09. The van der Waals surface area contributed by atoms with E-state index in [0.717, 1.165) is 0 Å². The molecule has 15 heavy (non-hydrogen) atoms. The second-order valence-corrected chi connectivity index (χ2v) is 3.99. The zero-order valence-electron chi connectivity index (χ0n) is 7.63. The maximum Gasteiger partial charge on any atom is 0.344 e. The molecule has 0 saturated heterocycles. The van der Waals surface area contributed by atoms with Gasteiger partial charge in [-0.15, -0.1) is 0 Å². The Morgan fingerprint density at radius 1 is 1.33 bits per heavy atom. The van der Waals surface area contributed by atoms with Crippen LogP contribution in [0.2, 0.25) is 15.1 Å². The summed E-state index contributed by atoms with van der Waals surface area (Å²) in [6.07, 6.45) is -0.974. The molecule has 0 aliphatic carbocycles. The van der Waals surface area contributed by atoms with Crippen LogP contribution in [-0.4, -0.2) is 17.2 Å². The van der Waals surface area contributed by atoms with Crippen LogP contribution < -0.4 is 4.74 Å². The first kappa shape index (κ1) is 12.4. The van der Waals surface area contributed by atoms with Gasteiger partial charge in [0, 0.05) is 12.1 Å². The first-order chi connectivity index (χ1) is 6.91. The normalized spacial score (nSPS) is 12.3. The van der Waals surface area contributed by atoms with Crippen molar-refractivity contribution in [2.45, 2.75) is 13.0 Å². The number of aliphatic carboxylic acids is 1. The smallest absolute Gasteiger partial charge is 0.344 e. The van der Waals surface area contributed by atoms with Gasteiger partial charge in [-0.1, -0.05) is 34.8 Å². The molecule has 0 saturated carbocycles. The summed E-state index contributed by atoms with van der Waals surface area (Å²) in [5, 5.41) is 9.27. The molecule has 0 spiro atoms. The molecule has 0 aliphatic rings. The highest BCUT2D eigenvalue weighted by atomic mass is 35.5. The third-order valence-corrected chi connectivity index (χ3v) is 2.81. The van der Waals surface area contributed by atoms with Crippen LogP contribution >= 0.6 is 34.8 Å². The molecule has 1 unspecified atom stereocenters. The number of carbonyl (C=O) groups is 1. The van der Waals surface area contributed by atoms with Crippen molar-refractivity contribution in [2.24, 2.45) is 0 Å². The van der Waals surface area contributed by atoms with Gasteiger partial charge >= 0.3 is 5.97 Å². The summed E-state index contributed by atoms with van der Waals surface area (Å²) < 4.78 is 5.07. The van der Waals surface area contributed by atoms with Crippen LogP contribution in [0.3, 0.4) is 0 Å². The van der Waals surface area contributed by atoms with Crippen LogP contribution in [0.5, 0.6) is 5.75 Å². The number of benzene rings is 1. The number of carboxylic acid groups (broad SMARTS) is 1. The van der Waals surface area contributed by atoms with Crippen LogP contribution in [0.15, 0.2) is 12.1 Å². The molecule has 0 aromatic heterocycles. The van der Waals surface area contributed by atoms with Gasteiger partial charge in [-0.3, -0.25) is 0 Å². The van der Waals surface area contributed by atoms with Gasteiger partial charge < -0.3 is 9.84 Å². The Labute approximate surface area is 102 Å². The molecule has 1 aromatic carbocycles. The largest absolute Gasteiger partial charge is 0.479 e. The van der Waals surface area contributed by atoms with E-state index in [9.17, 15) is 4.79 Å². The number of ether oxygens (including phenoxy) is 1. The van der Waals surface area contributed by atoms with Crippen LogP contribution in [0, 0.1) is 0 Å². The summed E-state index contributed by atoms with van der Waals surface area (Å²) in [7, 11) is 0. The van der Waals surface area contributed by atoms with E-state index < -0.39 is 12.1 Å². The topological polar surface area (TPSA) is 46.5 Å². The molecule has 0 heterocycles. The van der Waals surface area contributed by atoms with E-state index >= 15 is 0 Å². The minimum absolute atomic E-state index is 0.216. The second-order valence-electron chi connectivity index (χ2n) is 2.80. The number of carboxylic acids is 1. The van der Waals surface area contributed by atoms with Crippen LogP contribution in [0.4, 0.5) is 0 Å². The average Bonchev–Trinajstić information content (AvgIpc) is 2.13. The quantitative estimate of drug-likeness (QED) is 0.854. The van der Waals surface area contributed by atoms with Crippen molar-refractivity contribution in [3.05, 3.63) is 27.2 Å². The van der Waals surface area contributed by atoms with Crippen molar-refractivity contribution in [2.75, 3.05) is 0 Å². The van der Waals surface area contributed by atoms with Crippen molar-refractivity contribution in [1.82, 2.24) is 0 Å². The minimum atomic E-state index is -1.07. The SMILES string of the molecule is CC(Oc1cc(Cl)c(Cl)c(Cl)c1)C(=O)O. The highest BCUT2D eigenvalue weighted by Gasteiger charge is 2.14. The lowest BCUT2D eigenvalue weighted by atomic mass is 10.3. The van der Waals surface area contributed by atoms with E-state index in [0.29, 0.717) is 0 Å². The Hall–Kier alpha value is -0.640. The molecule has 1 N–H and O–H groups in total. The molecular formula is C9H7Cl3O3. The summed E-state index contributed by atoms with van der Waals surface area (Å²) >= 11 is 17.2. The van der Waals surface area contributed by atoms with Crippen molar-refractivity contribution in [3.8, 4) is 5.75 Å². The van der Waals surface area contributed by atoms with Crippen molar-refractivity contribution < 1.29 is 14.6 Å². The van der Waals surface area contributed by atoms with Gasteiger partial charge in [-0.2, -0.15) is 0 Å². The van der Waals surface area contributed by atoms with Gasteiger partial charge in [0.15, 0.2) is 6.10 Å². The fourth-order valence-corrected chi connectivity index (χ4v) is 1.43. The van der Waals surface area contributed by atoms with Gasteiger partial charge in [0.2, 0.25) is 0 Å². The molecule has 3 nitrogen and oxygen atoms in total. The maximum absolute atomic E-state index is 10.5. The molecule has 82 valence electrons. The number of halogens is 3. The van der Waals surface area contributed by atoms with Gasteiger partial charge in [-0.05, 0) is 6.92 Å². The first-order valence-electron chi connectivity index (χ1n) is 3.96. The molecule has 1 atom stereocenters. The predicted molar refractivity (Wildman–Crippen MR) is 59.2 cm³/mol. The summed E-state index contributed by atoms with van der Waals surface area (Å²) in [6.45, 7) is 1.40. The van der Waals surface area contributed by atoms with E-state index in [2.05, 4.69) is 0 Å². The van der Waals surface area contributed by atoms with Gasteiger partial charge in [0.05, 0.1) is 15.1 Å². The third-order valence-electron chi connectivity index (χ3n) is 1.62. The third kappa shape index (κ3) is 3.16. The van der Waals surface area contributed by atoms with E-state index in [1.54, 1.807) is 0 Å². The van der Waals surface area contributed by atoms with Crippen molar-refractivity contribution in [1.29, 1.82) is 0 Å². The molecule has 0 aliphatic heterocycles. The molecule has 0 radical (unpaired) electrons. The van der Waals surface area contributed by atoms with E-state index in [4.69, 9.17) is 44.6 Å². The van der Waals surface area contributed by atoms with Gasteiger partial charge in [-0.25, -0.2) is 4.79 Å². The van der Waals surface area contributed by atoms with Crippen molar-refractivity contribution in [3.63, 3.8) is 0 Å². The van der Waals surface area contributed by atoms with Crippen LogP contribution in [0.25, 0.3) is 0 Å². The summed E-state index contributed by atoms with van der Waals surface area (Å²) in [5.74, 6) is -0.804. The number of hydrogen-bond donors (Lipinski definition) is 1. The second kappa shape index (κ2) is 4.92. The van der Waals surface area contributed by atoms with E-state index in [1.165, 1.54) is 19.1 Å². The standard InChI is InChI=1S/C9H7Cl3O3/c1-4(9(13)14)15-5-2-6(10)8(12)7(11)3-5/h2-4H,1H3,(H,13,14). The average molecular weight is 270 g/mol. The van der Waals surface area contributed by atoms with Crippen molar-refractivity contribution >= 4 is 40.8 Å². The molecule has 1 rings (SSSR count). The lowest BCUT2D eigenvalue weighted by Gasteiger charge is -2.11. The Morgan fingerprint density at radius 2 is 1.80 bits per heavy atom. The zero-order valence-corrected chi connectivity index (χ0v) is 9.90. The lowest BCUT2D eigenvalue weighted by molar-refractivity contribution is -0.144. The minimum Gasteiger partial charge on any atom is -0.479 e. The van der Waals surface area contributed by atoms with Gasteiger partial charge in [0.1, 0.15) is 5.75 Å². The molecule has 6 heteroatoms. The lowest BCUT2D eigenvalue weighted by Crippen LogP contribution is -2.22. The summed E-state index contributed by atoms with van der Waals surface area (Å²) in [5.41, 5.74) is 0. The fraction of sp³-hybridized carbons (Fsp3) is 0.222. The highest BCUT2D eigenvalue weighted by Crippen LogP contribution is 2.34. The number of hydrogen-bond acceptors (Lipinski definition) is 2. The summed E-state index contributed by atoms with van der Waals surface area (Å²) in [6, 6.07) is 2.82. The Morgan fingerprint density at radius 3 is 2.20 bits per heavy atom. The van der Waals surface area contributed by atoms with Gasteiger partial charge in [0.25, 0.3) is 0 Å². The molecule has 0 bridgehead atoms. The molecular weight excluding hydrogens is 262 g/mol. The Balaban J connectivity index is 2.92. The Kier molecular flexibility index (Phi) is 4.08. The summed E-state index contributed by atoms with van der Waals surface area (Å²) in [4.78, 5) is 10.5. The van der Waals surface area contributed by atoms with E-state index in [1.807, 2.05) is 0 Å². The van der Waals surface area contributed by atoms with Crippen LogP contribution in [-0.2, 0) is 4.79 Å². The molecule has 1 aromatic rings. The Bertz CT molecular complexity index is 369. The maximum atomic E-state index is 10.5. The predicted octanol–water partition coefficient (Wildman–Crippen LogP) is 3.50. The number of rotatable bonds is 3. The fourth-order valence-electron chi connectivity index (χ4n) is 0.855. The molecule has 0 amide bonds. The van der Waals surface area contributed by atoms with Crippen LogP contribution in [0.1, 0.15) is 6.92 Å². The van der Waals surface area contributed by atoms with E-state index in [-0.39, 0.29) is 20.8 Å². The highest BCUT2D eigenvalue weighted by molar-refractivity contribution is 6.48. The molecule has 0 fully saturated rings. The monoisotopic (exact) mass is 268 g/mol.